The molecule has 0 bridgehead atoms. The predicted octanol–water partition coefficient (Wildman–Crippen LogP) is 6.01. The summed E-state index contributed by atoms with van der Waals surface area (Å²) in [5.41, 5.74) is 9.05. The largest absolute Gasteiger partial charge is 0.487 e. The van der Waals surface area contributed by atoms with Crippen LogP contribution in [-0.2, 0) is 6.42 Å². The van der Waals surface area contributed by atoms with Gasteiger partial charge in [0.25, 0.3) is 0 Å². The van der Waals surface area contributed by atoms with Crippen LogP contribution in [0.2, 0.25) is 0 Å². The summed E-state index contributed by atoms with van der Waals surface area (Å²) >= 11 is 0. The molecular weight excluding hydrogens is 380 g/mol. The van der Waals surface area contributed by atoms with E-state index in [4.69, 9.17) is 4.74 Å². The summed E-state index contributed by atoms with van der Waals surface area (Å²) in [4.78, 5) is 5.07. The lowest BCUT2D eigenvalue weighted by Gasteiger charge is -2.38. The highest BCUT2D eigenvalue weighted by Gasteiger charge is 2.34. The van der Waals surface area contributed by atoms with Gasteiger partial charge >= 0.3 is 0 Å². The topological polar surface area (TPSA) is 15.7 Å². The molecule has 3 heteroatoms. The first-order valence-corrected chi connectivity index (χ1v) is 11.4. The second-order valence-electron chi connectivity index (χ2n) is 9.60. The molecule has 0 aromatic heterocycles. The van der Waals surface area contributed by atoms with Crippen LogP contribution in [0.25, 0.3) is 11.1 Å². The molecule has 0 unspecified atom stereocenters. The smallest absolute Gasteiger partial charge is 0.127 e. The van der Waals surface area contributed by atoms with Crippen LogP contribution in [0, 0.1) is 13.8 Å². The molecule has 3 aromatic rings. The van der Waals surface area contributed by atoms with Crippen LogP contribution in [0.3, 0.4) is 0 Å². The lowest BCUT2D eigenvalue weighted by Crippen LogP contribution is -2.46. The van der Waals surface area contributed by atoms with Crippen molar-refractivity contribution in [1.29, 1.82) is 0 Å². The molecule has 2 aliphatic rings. The van der Waals surface area contributed by atoms with Gasteiger partial charge in [0.2, 0.25) is 0 Å². The first kappa shape index (κ1) is 20.0. The van der Waals surface area contributed by atoms with Crippen molar-refractivity contribution in [1.82, 2.24) is 0 Å². The van der Waals surface area contributed by atoms with Crippen LogP contribution in [0.1, 0.15) is 30.5 Å². The average Bonchev–Trinajstić information content (AvgIpc) is 3.10. The maximum Gasteiger partial charge on any atom is 0.127 e. The van der Waals surface area contributed by atoms with Gasteiger partial charge in [-0.1, -0.05) is 48.0 Å². The fourth-order valence-electron chi connectivity index (χ4n) is 5.07. The minimum absolute atomic E-state index is 0.137. The molecule has 0 amide bonds. The molecule has 2 heterocycles. The van der Waals surface area contributed by atoms with Gasteiger partial charge < -0.3 is 14.5 Å². The maximum atomic E-state index is 6.40. The summed E-state index contributed by atoms with van der Waals surface area (Å²) in [7, 11) is 0. The van der Waals surface area contributed by atoms with E-state index >= 15 is 0 Å². The highest BCUT2D eigenvalue weighted by molar-refractivity contribution is 5.85. The van der Waals surface area contributed by atoms with Crippen LogP contribution >= 0.6 is 0 Å². The average molecular weight is 413 g/mol. The predicted molar refractivity (Wildman–Crippen MR) is 131 cm³/mol. The fourth-order valence-corrected chi connectivity index (χ4v) is 5.07. The molecule has 0 saturated carbocycles. The Morgan fingerprint density at radius 2 is 1.45 bits per heavy atom. The van der Waals surface area contributed by atoms with Gasteiger partial charge in [0.1, 0.15) is 11.4 Å². The van der Waals surface area contributed by atoms with Crippen LogP contribution in [-0.4, -0.2) is 31.8 Å². The molecule has 160 valence electrons. The number of hydrogen-bond acceptors (Lipinski definition) is 3. The second-order valence-corrected chi connectivity index (χ2v) is 9.60. The molecule has 3 nitrogen and oxygen atoms in total. The number of hydrogen-bond donors (Lipinski definition) is 0. The number of aryl methyl sites for hydroxylation is 1. The third-order valence-corrected chi connectivity index (χ3v) is 6.65. The van der Waals surface area contributed by atoms with Crippen molar-refractivity contribution in [2.45, 2.75) is 39.7 Å². The molecule has 2 aliphatic heterocycles. The fraction of sp³-hybridized carbons (Fsp3) is 0.357. The van der Waals surface area contributed by atoms with Crippen molar-refractivity contribution in [2.75, 3.05) is 36.0 Å². The van der Waals surface area contributed by atoms with E-state index in [0.717, 1.165) is 38.3 Å². The molecule has 5 rings (SSSR count). The summed E-state index contributed by atoms with van der Waals surface area (Å²) in [6.45, 7) is 12.9. The van der Waals surface area contributed by atoms with E-state index in [1.807, 2.05) is 0 Å². The number of para-hydroxylation sites is 1. The number of benzene rings is 3. The zero-order chi connectivity index (χ0) is 21.6. The molecule has 0 N–H and O–H groups in total. The molecule has 0 aliphatic carbocycles. The van der Waals surface area contributed by atoms with Gasteiger partial charge in [0.15, 0.2) is 0 Å². The zero-order valence-corrected chi connectivity index (χ0v) is 19.1. The van der Waals surface area contributed by atoms with Gasteiger partial charge in [-0.3, -0.25) is 0 Å². The van der Waals surface area contributed by atoms with Gasteiger partial charge in [-0.15, -0.1) is 0 Å². The van der Waals surface area contributed by atoms with Crippen molar-refractivity contribution < 1.29 is 4.74 Å². The van der Waals surface area contributed by atoms with Crippen molar-refractivity contribution >= 4 is 11.4 Å². The number of ether oxygens (including phenoxy) is 1. The molecule has 31 heavy (non-hydrogen) atoms. The van der Waals surface area contributed by atoms with Gasteiger partial charge in [-0.05, 0) is 51.5 Å². The van der Waals surface area contributed by atoms with Crippen molar-refractivity contribution in [3.05, 3.63) is 77.4 Å². The first-order chi connectivity index (χ1) is 14.9. The Morgan fingerprint density at radius 1 is 0.806 bits per heavy atom. The Balaban J connectivity index is 1.52. The Hall–Kier alpha value is -2.94. The highest BCUT2D eigenvalue weighted by Crippen LogP contribution is 2.46. The lowest BCUT2D eigenvalue weighted by molar-refractivity contribution is 0.137. The van der Waals surface area contributed by atoms with Crippen LogP contribution in [0.5, 0.6) is 5.75 Å². The normalized spacial score (nSPS) is 17.4. The molecule has 1 saturated heterocycles. The summed E-state index contributed by atoms with van der Waals surface area (Å²) in [5.74, 6) is 1.09. The Bertz CT molecular complexity index is 1080. The minimum atomic E-state index is -0.137. The summed E-state index contributed by atoms with van der Waals surface area (Å²) in [6, 6.07) is 22.1. The summed E-state index contributed by atoms with van der Waals surface area (Å²) in [6.07, 6.45) is 0.967. The molecular formula is C28H32N2O. The maximum absolute atomic E-state index is 6.40. The minimum Gasteiger partial charge on any atom is -0.487 e. The molecule has 0 radical (unpaired) electrons. The monoisotopic (exact) mass is 412 g/mol. The van der Waals surface area contributed by atoms with Crippen LogP contribution in [0.15, 0.2) is 60.7 Å². The number of piperazine rings is 1. The van der Waals surface area contributed by atoms with Gasteiger partial charge in [0, 0.05) is 60.7 Å². The quantitative estimate of drug-likeness (QED) is 0.524. The molecule has 0 spiro atoms. The number of fused-ring (bicyclic) bond motifs is 1. The zero-order valence-electron chi connectivity index (χ0n) is 19.1. The van der Waals surface area contributed by atoms with E-state index in [-0.39, 0.29) is 5.60 Å². The third-order valence-electron chi connectivity index (χ3n) is 6.65. The summed E-state index contributed by atoms with van der Waals surface area (Å²) in [5, 5.41) is 0. The second kappa shape index (κ2) is 7.64. The van der Waals surface area contributed by atoms with Gasteiger partial charge in [-0.25, -0.2) is 0 Å². The first-order valence-electron chi connectivity index (χ1n) is 11.4. The SMILES string of the molecule is Cc1ccc(-c2c(N3CCN(c4ccccc4)CC3)cc3c(c2C)OC(C)(C)C3)cc1. The van der Waals surface area contributed by atoms with E-state index in [0.29, 0.717) is 0 Å². The van der Waals surface area contributed by atoms with Crippen molar-refractivity contribution in [2.24, 2.45) is 0 Å². The summed E-state index contributed by atoms with van der Waals surface area (Å²) < 4.78 is 6.40. The third kappa shape index (κ3) is 3.78. The Kier molecular flexibility index (Phi) is 4.92. The Labute approximate surface area is 186 Å². The van der Waals surface area contributed by atoms with E-state index in [2.05, 4.69) is 98.2 Å². The van der Waals surface area contributed by atoms with Crippen molar-refractivity contribution in [3.8, 4) is 16.9 Å². The van der Waals surface area contributed by atoms with Gasteiger partial charge in [0.05, 0.1) is 0 Å². The van der Waals surface area contributed by atoms with Crippen LogP contribution < -0.4 is 14.5 Å². The van der Waals surface area contributed by atoms with Crippen molar-refractivity contribution in [3.63, 3.8) is 0 Å². The van der Waals surface area contributed by atoms with Gasteiger partial charge in [-0.2, -0.15) is 0 Å². The van der Waals surface area contributed by atoms with E-state index in [1.165, 1.54) is 39.2 Å². The molecule has 0 atom stereocenters. The van der Waals surface area contributed by atoms with E-state index in [9.17, 15) is 0 Å². The number of anilines is 2. The van der Waals surface area contributed by atoms with E-state index < -0.39 is 0 Å². The number of nitrogens with zero attached hydrogens (tertiary/aromatic N) is 2. The van der Waals surface area contributed by atoms with E-state index in [1.54, 1.807) is 0 Å². The standard InChI is InChI=1S/C28H32N2O/c1-20-10-12-22(13-11-20)26-21(2)27-23(19-28(3,4)31-27)18-25(26)30-16-14-29(15-17-30)24-8-6-5-7-9-24/h5-13,18H,14-17,19H2,1-4H3. The van der Waals surface area contributed by atoms with Crippen LogP contribution in [0.4, 0.5) is 11.4 Å². The molecule has 1 fully saturated rings. The Morgan fingerprint density at radius 3 is 2.13 bits per heavy atom. The lowest BCUT2D eigenvalue weighted by atomic mass is 9.92. The molecule has 3 aromatic carbocycles. The number of rotatable bonds is 3. The highest BCUT2D eigenvalue weighted by atomic mass is 16.5.